The van der Waals surface area contributed by atoms with E-state index >= 15 is 0 Å². The van der Waals surface area contributed by atoms with Crippen molar-refractivity contribution < 1.29 is 4.74 Å². The molecule has 0 spiro atoms. The minimum Gasteiger partial charge on any atom is -0.425 e. The minimum absolute atomic E-state index is 0.196. The Kier molecular flexibility index (Phi) is 3.96. The normalized spacial score (nSPS) is 10.8. The average molecular weight is 349 g/mol. The van der Waals surface area contributed by atoms with Gasteiger partial charge in [-0.05, 0) is 48.5 Å². The van der Waals surface area contributed by atoms with E-state index in [0.717, 1.165) is 0 Å². The monoisotopic (exact) mass is 348 g/mol. The number of fused-ring (bicyclic) bond motifs is 1. The van der Waals surface area contributed by atoms with Gasteiger partial charge in [0.25, 0.3) is 5.56 Å². The van der Waals surface area contributed by atoms with Crippen molar-refractivity contribution in [2.75, 3.05) is 0 Å². The van der Waals surface area contributed by atoms with E-state index in [1.807, 2.05) is 42.5 Å². The van der Waals surface area contributed by atoms with Crippen LogP contribution in [-0.4, -0.2) is 9.55 Å². The molecule has 0 amide bonds. The number of halogens is 1. The zero-order valence-electron chi connectivity index (χ0n) is 13.1. The lowest BCUT2D eigenvalue weighted by molar-refractivity contribution is 0.427. The Bertz CT molecular complexity index is 1090. The molecular formula is C20H13ClN2O2. The largest absolute Gasteiger partial charge is 0.425 e. The first-order chi connectivity index (χ1) is 12.2. The van der Waals surface area contributed by atoms with Gasteiger partial charge in [-0.2, -0.15) is 4.98 Å². The molecule has 0 radical (unpaired) electrons. The van der Waals surface area contributed by atoms with E-state index in [-0.39, 0.29) is 11.6 Å². The summed E-state index contributed by atoms with van der Waals surface area (Å²) in [4.78, 5) is 17.6. The molecule has 0 N–H and O–H groups in total. The standard InChI is InChI=1S/C20H13ClN2O2/c21-14-10-12-15(13-11-14)23-19(24)17-8-4-5-9-18(17)22-20(23)25-16-6-2-1-3-7-16/h1-13H. The van der Waals surface area contributed by atoms with E-state index in [4.69, 9.17) is 16.3 Å². The summed E-state index contributed by atoms with van der Waals surface area (Å²) in [5, 5.41) is 1.12. The van der Waals surface area contributed by atoms with Crippen LogP contribution in [0.3, 0.4) is 0 Å². The summed E-state index contributed by atoms with van der Waals surface area (Å²) in [5.41, 5.74) is 1.03. The second-order valence-corrected chi connectivity index (χ2v) is 5.88. The van der Waals surface area contributed by atoms with Crippen LogP contribution < -0.4 is 10.3 Å². The highest BCUT2D eigenvalue weighted by Gasteiger charge is 2.14. The number of ether oxygens (including phenoxy) is 1. The lowest BCUT2D eigenvalue weighted by Gasteiger charge is -2.14. The fourth-order valence-electron chi connectivity index (χ4n) is 2.59. The molecule has 122 valence electrons. The van der Waals surface area contributed by atoms with Crippen molar-refractivity contribution in [3.63, 3.8) is 0 Å². The Balaban J connectivity index is 1.97. The molecule has 0 atom stereocenters. The van der Waals surface area contributed by atoms with Gasteiger partial charge in [-0.25, -0.2) is 4.57 Å². The molecule has 0 aliphatic heterocycles. The average Bonchev–Trinajstić information content (AvgIpc) is 2.64. The highest BCUT2D eigenvalue weighted by atomic mass is 35.5. The van der Waals surface area contributed by atoms with E-state index in [1.54, 1.807) is 36.4 Å². The molecule has 0 saturated heterocycles. The number of benzene rings is 3. The van der Waals surface area contributed by atoms with Crippen molar-refractivity contribution in [2.24, 2.45) is 0 Å². The zero-order chi connectivity index (χ0) is 17.2. The van der Waals surface area contributed by atoms with Crippen LogP contribution in [0, 0.1) is 0 Å². The van der Waals surface area contributed by atoms with E-state index in [2.05, 4.69) is 4.98 Å². The van der Waals surface area contributed by atoms with Crippen LogP contribution in [0.25, 0.3) is 16.6 Å². The number of nitrogens with zero attached hydrogens (tertiary/aromatic N) is 2. The maximum Gasteiger partial charge on any atom is 0.310 e. The van der Waals surface area contributed by atoms with Crippen molar-refractivity contribution in [1.82, 2.24) is 9.55 Å². The summed E-state index contributed by atoms with van der Waals surface area (Å²) in [6, 6.07) is 23.6. The topological polar surface area (TPSA) is 44.1 Å². The number of rotatable bonds is 3. The molecule has 0 bridgehead atoms. The van der Waals surface area contributed by atoms with Crippen molar-refractivity contribution in [1.29, 1.82) is 0 Å². The molecule has 4 nitrogen and oxygen atoms in total. The molecule has 0 saturated carbocycles. The first-order valence-corrected chi connectivity index (χ1v) is 8.11. The van der Waals surface area contributed by atoms with Crippen LogP contribution in [0.1, 0.15) is 0 Å². The molecule has 0 unspecified atom stereocenters. The quantitative estimate of drug-likeness (QED) is 0.532. The zero-order valence-corrected chi connectivity index (χ0v) is 13.9. The van der Waals surface area contributed by atoms with Gasteiger partial charge in [0.1, 0.15) is 5.75 Å². The SMILES string of the molecule is O=c1c2ccccc2nc(Oc2ccccc2)n1-c1ccc(Cl)cc1. The summed E-state index contributed by atoms with van der Waals surface area (Å²) >= 11 is 5.97. The van der Waals surface area contributed by atoms with Gasteiger partial charge in [-0.3, -0.25) is 4.79 Å². The highest BCUT2D eigenvalue weighted by molar-refractivity contribution is 6.30. The molecular weight excluding hydrogens is 336 g/mol. The van der Waals surface area contributed by atoms with Crippen molar-refractivity contribution in [3.05, 3.63) is 94.2 Å². The van der Waals surface area contributed by atoms with Gasteiger partial charge in [0.15, 0.2) is 0 Å². The summed E-state index contributed by atoms with van der Waals surface area (Å²) < 4.78 is 7.35. The van der Waals surface area contributed by atoms with E-state index in [1.165, 1.54) is 4.57 Å². The summed E-state index contributed by atoms with van der Waals surface area (Å²) in [7, 11) is 0. The predicted octanol–water partition coefficient (Wildman–Crippen LogP) is 4.83. The first kappa shape index (κ1) is 15.4. The Morgan fingerprint density at radius 3 is 2.28 bits per heavy atom. The van der Waals surface area contributed by atoms with Crippen LogP contribution >= 0.6 is 11.6 Å². The molecule has 5 heteroatoms. The van der Waals surface area contributed by atoms with Gasteiger partial charge < -0.3 is 4.74 Å². The second kappa shape index (κ2) is 6.42. The third-order valence-corrected chi connectivity index (χ3v) is 4.03. The number of para-hydroxylation sites is 2. The fraction of sp³-hybridized carbons (Fsp3) is 0. The Labute approximate surface area is 148 Å². The Morgan fingerprint density at radius 2 is 1.52 bits per heavy atom. The van der Waals surface area contributed by atoms with Gasteiger partial charge in [0, 0.05) is 5.02 Å². The lowest BCUT2D eigenvalue weighted by atomic mass is 10.2. The van der Waals surface area contributed by atoms with E-state index in [9.17, 15) is 4.79 Å². The molecule has 4 aromatic rings. The Hall–Kier alpha value is -3.11. The van der Waals surface area contributed by atoms with Crippen LogP contribution in [0.4, 0.5) is 0 Å². The number of hydrogen-bond acceptors (Lipinski definition) is 3. The summed E-state index contributed by atoms with van der Waals surface area (Å²) in [6.45, 7) is 0. The van der Waals surface area contributed by atoms with Crippen LogP contribution in [-0.2, 0) is 0 Å². The maximum absolute atomic E-state index is 13.0. The van der Waals surface area contributed by atoms with Crippen molar-refractivity contribution in [2.45, 2.75) is 0 Å². The third kappa shape index (κ3) is 2.99. The number of aromatic nitrogens is 2. The molecule has 1 aromatic heterocycles. The van der Waals surface area contributed by atoms with Gasteiger partial charge in [0.2, 0.25) is 0 Å². The maximum atomic E-state index is 13.0. The van der Waals surface area contributed by atoms with Gasteiger partial charge in [-0.15, -0.1) is 0 Å². The van der Waals surface area contributed by atoms with Gasteiger partial charge >= 0.3 is 6.01 Å². The summed E-state index contributed by atoms with van der Waals surface area (Å²) in [5.74, 6) is 0.604. The van der Waals surface area contributed by atoms with Gasteiger partial charge in [-0.1, -0.05) is 41.9 Å². The summed E-state index contributed by atoms with van der Waals surface area (Å²) in [6.07, 6.45) is 0. The van der Waals surface area contributed by atoms with Crippen molar-refractivity contribution >= 4 is 22.5 Å². The second-order valence-electron chi connectivity index (χ2n) is 5.44. The molecule has 0 fully saturated rings. The fourth-order valence-corrected chi connectivity index (χ4v) is 2.72. The van der Waals surface area contributed by atoms with E-state index in [0.29, 0.717) is 27.4 Å². The number of hydrogen-bond donors (Lipinski definition) is 0. The lowest BCUT2D eigenvalue weighted by Crippen LogP contribution is -2.21. The van der Waals surface area contributed by atoms with Gasteiger partial charge in [0.05, 0.1) is 16.6 Å². The molecule has 3 aromatic carbocycles. The molecule has 0 aliphatic carbocycles. The third-order valence-electron chi connectivity index (χ3n) is 3.78. The van der Waals surface area contributed by atoms with Crippen LogP contribution in [0.15, 0.2) is 83.7 Å². The van der Waals surface area contributed by atoms with E-state index < -0.39 is 0 Å². The molecule has 25 heavy (non-hydrogen) atoms. The minimum atomic E-state index is -0.196. The predicted molar refractivity (Wildman–Crippen MR) is 98.9 cm³/mol. The van der Waals surface area contributed by atoms with Crippen LogP contribution in [0.2, 0.25) is 5.02 Å². The van der Waals surface area contributed by atoms with Crippen LogP contribution in [0.5, 0.6) is 11.8 Å². The Morgan fingerprint density at radius 1 is 0.840 bits per heavy atom. The van der Waals surface area contributed by atoms with Crippen molar-refractivity contribution in [3.8, 4) is 17.4 Å². The molecule has 1 heterocycles. The first-order valence-electron chi connectivity index (χ1n) is 7.73. The smallest absolute Gasteiger partial charge is 0.310 e. The molecule has 0 aliphatic rings. The molecule has 4 rings (SSSR count). The highest BCUT2D eigenvalue weighted by Crippen LogP contribution is 2.24.